The van der Waals surface area contributed by atoms with Gasteiger partial charge in [0.1, 0.15) is 0 Å². The van der Waals surface area contributed by atoms with Gasteiger partial charge in [0.25, 0.3) is 5.91 Å². The second kappa shape index (κ2) is 10.2. The molecule has 1 amide bonds. The van der Waals surface area contributed by atoms with Gasteiger partial charge in [0, 0.05) is 29.9 Å². The quantitative estimate of drug-likeness (QED) is 0.573. The minimum Gasteiger partial charge on any atom is -0.493 e. The van der Waals surface area contributed by atoms with E-state index in [9.17, 15) is 4.79 Å². The minimum absolute atomic E-state index is 0.285. The predicted molar refractivity (Wildman–Crippen MR) is 128 cm³/mol. The lowest BCUT2D eigenvalue weighted by molar-refractivity contribution is 0.102. The van der Waals surface area contributed by atoms with Crippen LogP contribution in [-0.2, 0) is 0 Å². The van der Waals surface area contributed by atoms with Crippen molar-refractivity contribution in [3.63, 3.8) is 0 Å². The maximum absolute atomic E-state index is 12.8. The number of benzene rings is 2. The van der Waals surface area contributed by atoms with Gasteiger partial charge < -0.3 is 24.4 Å². The Morgan fingerprint density at radius 1 is 0.848 bits per heavy atom. The molecular formula is C25H28N4O4. The fourth-order valence-corrected chi connectivity index (χ4v) is 3.91. The Morgan fingerprint density at radius 3 is 2.06 bits per heavy atom. The average Bonchev–Trinajstić information content (AvgIpc) is 2.88. The Morgan fingerprint density at radius 2 is 1.52 bits per heavy atom. The van der Waals surface area contributed by atoms with Crippen LogP contribution in [0, 0.1) is 0 Å². The van der Waals surface area contributed by atoms with Crippen LogP contribution in [0.25, 0.3) is 11.3 Å². The molecule has 33 heavy (non-hydrogen) atoms. The molecule has 2 heterocycles. The van der Waals surface area contributed by atoms with E-state index in [1.807, 2.05) is 36.4 Å². The van der Waals surface area contributed by atoms with Gasteiger partial charge >= 0.3 is 0 Å². The van der Waals surface area contributed by atoms with Gasteiger partial charge in [0.05, 0.1) is 27.0 Å². The van der Waals surface area contributed by atoms with Gasteiger partial charge in [-0.1, -0.05) is 12.1 Å². The number of aromatic nitrogens is 2. The summed E-state index contributed by atoms with van der Waals surface area (Å²) in [6.07, 6.45) is 3.68. The van der Waals surface area contributed by atoms with Crippen LogP contribution in [0.5, 0.6) is 17.2 Å². The zero-order chi connectivity index (χ0) is 23.2. The molecule has 0 saturated carbocycles. The Hall–Kier alpha value is -3.81. The number of ether oxygens (including phenoxy) is 3. The first-order chi connectivity index (χ1) is 16.1. The van der Waals surface area contributed by atoms with E-state index in [0.29, 0.717) is 28.5 Å². The topological polar surface area (TPSA) is 85.8 Å². The molecule has 3 aromatic rings. The molecule has 0 aliphatic carbocycles. The Bertz CT molecular complexity index is 1070. The second-order valence-corrected chi connectivity index (χ2v) is 7.77. The number of anilines is 2. The number of nitrogens with one attached hydrogen (secondary N) is 1. The molecule has 1 N–H and O–H groups in total. The first-order valence-corrected chi connectivity index (χ1v) is 10.9. The molecule has 1 fully saturated rings. The number of hydrogen-bond donors (Lipinski definition) is 1. The summed E-state index contributed by atoms with van der Waals surface area (Å²) in [5.74, 6) is 1.92. The highest BCUT2D eigenvalue weighted by atomic mass is 16.5. The van der Waals surface area contributed by atoms with Crippen LogP contribution < -0.4 is 24.4 Å². The van der Waals surface area contributed by atoms with Gasteiger partial charge in [-0.2, -0.15) is 0 Å². The molecule has 172 valence electrons. The van der Waals surface area contributed by atoms with Gasteiger partial charge in [-0.3, -0.25) is 4.79 Å². The highest BCUT2D eigenvalue weighted by Crippen LogP contribution is 2.38. The third-order valence-corrected chi connectivity index (χ3v) is 5.70. The maximum Gasteiger partial charge on any atom is 0.255 e. The molecule has 1 aliphatic heterocycles. The number of piperidine rings is 1. The number of amides is 1. The van der Waals surface area contributed by atoms with E-state index in [2.05, 4.69) is 20.4 Å². The Kier molecular flexibility index (Phi) is 6.92. The van der Waals surface area contributed by atoms with E-state index in [4.69, 9.17) is 14.2 Å². The summed E-state index contributed by atoms with van der Waals surface area (Å²) < 4.78 is 16.0. The van der Waals surface area contributed by atoms with Crippen LogP contribution in [0.1, 0.15) is 29.6 Å². The van der Waals surface area contributed by atoms with Crippen LogP contribution in [-0.4, -0.2) is 50.5 Å². The molecule has 1 aliphatic rings. The van der Waals surface area contributed by atoms with Crippen molar-refractivity contribution in [2.45, 2.75) is 19.3 Å². The summed E-state index contributed by atoms with van der Waals surface area (Å²) in [7, 11) is 4.55. The zero-order valence-electron chi connectivity index (χ0n) is 19.1. The van der Waals surface area contributed by atoms with Crippen LogP contribution in [0.15, 0.2) is 48.5 Å². The summed E-state index contributed by atoms with van der Waals surface area (Å²) in [6.45, 7) is 2.07. The number of carbonyl (C=O) groups excluding carboxylic acids is 1. The molecule has 8 nitrogen and oxygen atoms in total. The highest BCUT2D eigenvalue weighted by Gasteiger charge is 2.17. The van der Waals surface area contributed by atoms with E-state index < -0.39 is 0 Å². The molecule has 0 radical (unpaired) electrons. The highest BCUT2D eigenvalue weighted by molar-refractivity contribution is 6.05. The van der Waals surface area contributed by atoms with Crippen molar-refractivity contribution in [1.29, 1.82) is 0 Å². The smallest absolute Gasteiger partial charge is 0.255 e. The number of rotatable bonds is 7. The van der Waals surface area contributed by atoms with Gasteiger partial charge in [0.2, 0.25) is 5.75 Å². The molecule has 0 unspecified atom stereocenters. The van der Waals surface area contributed by atoms with E-state index in [0.717, 1.165) is 30.2 Å². The molecular weight excluding hydrogens is 420 g/mol. The SMILES string of the molecule is COc1cc(C(=O)Nc2ccc(-c3ccc(N4CCCCC4)nn3)cc2)cc(OC)c1OC. The normalized spacial score (nSPS) is 13.4. The predicted octanol–water partition coefficient (Wildman–Crippen LogP) is 4.41. The van der Waals surface area contributed by atoms with Gasteiger partial charge in [-0.15, -0.1) is 10.2 Å². The van der Waals surface area contributed by atoms with Crippen LogP contribution in [0.2, 0.25) is 0 Å². The van der Waals surface area contributed by atoms with Gasteiger partial charge in [-0.05, 0) is 55.7 Å². The summed E-state index contributed by atoms with van der Waals surface area (Å²) in [5.41, 5.74) is 2.78. The Balaban J connectivity index is 1.46. The molecule has 1 saturated heterocycles. The van der Waals surface area contributed by atoms with Gasteiger partial charge in [-0.25, -0.2) is 0 Å². The standard InChI is InChI=1S/C25H28N4O4/c1-31-21-15-18(16-22(32-2)24(21)33-3)25(30)26-19-9-7-17(8-10-19)20-11-12-23(28-27-20)29-13-5-4-6-14-29/h7-12,15-16H,4-6,13-14H2,1-3H3,(H,26,30). The summed E-state index contributed by atoms with van der Waals surface area (Å²) in [4.78, 5) is 15.1. The fourth-order valence-electron chi connectivity index (χ4n) is 3.91. The molecule has 8 heteroatoms. The molecule has 0 bridgehead atoms. The number of nitrogens with zero attached hydrogens (tertiary/aromatic N) is 3. The van der Waals surface area contributed by atoms with Crippen molar-refractivity contribution >= 4 is 17.4 Å². The first-order valence-electron chi connectivity index (χ1n) is 10.9. The van der Waals surface area contributed by atoms with Crippen molar-refractivity contribution in [3.8, 4) is 28.5 Å². The lowest BCUT2D eigenvalue weighted by atomic mass is 10.1. The molecule has 0 spiro atoms. The number of methoxy groups -OCH3 is 3. The average molecular weight is 449 g/mol. The van der Waals surface area contributed by atoms with Crippen molar-refractivity contribution < 1.29 is 19.0 Å². The van der Waals surface area contributed by atoms with Crippen molar-refractivity contribution in [1.82, 2.24) is 10.2 Å². The van der Waals surface area contributed by atoms with E-state index in [-0.39, 0.29) is 5.91 Å². The van der Waals surface area contributed by atoms with Crippen LogP contribution >= 0.6 is 0 Å². The largest absolute Gasteiger partial charge is 0.493 e. The van der Waals surface area contributed by atoms with E-state index >= 15 is 0 Å². The van der Waals surface area contributed by atoms with Crippen molar-refractivity contribution in [3.05, 3.63) is 54.1 Å². The van der Waals surface area contributed by atoms with Crippen LogP contribution in [0.3, 0.4) is 0 Å². The monoisotopic (exact) mass is 448 g/mol. The van der Waals surface area contributed by atoms with Crippen LogP contribution in [0.4, 0.5) is 11.5 Å². The fraction of sp³-hybridized carbons (Fsp3) is 0.320. The third-order valence-electron chi connectivity index (χ3n) is 5.70. The Labute approximate surface area is 193 Å². The van der Waals surface area contributed by atoms with Gasteiger partial charge in [0.15, 0.2) is 17.3 Å². The summed E-state index contributed by atoms with van der Waals surface area (Å²) in [6, 6.07) is 14.7. The third kappa shape index (κ3) is 5.00. The molecule has 1 aromatic heterocycles. The van der Waals surface area contributed by atoms with Crippen molar-refractivity contribution in [2.75, 3.05) is 44.6 Å². The second-order valence-electron chi connectivity index (χ2n) is 7.77. The lowest BCUT2D eigenvalue weighted by Crippen LogP contribution is -2.30. The lowest BCUT2D eigenvalue weighted by Gasteiger charge is -2.27. The van der Waals surface area contributed by atoms with E-state index in [1.54, 1.807) is 12.1 Å². The first kappa shape index (κ1) is 22.4. The maximum atomic E-state index is 12.8. The molecule has 2 aromatic carbocycles. The summed E-state index contributed by atoms with van der Waals surface area (Å²) >= 11 is 0. The zero-order valence-corrected chi connectivity index (χ0v) is 19.1. The van der Waals surface area contributed by atoms with E-state index in [1.165, 1.54) is 40.6 Å². The molecule has 4 rings (SSSR count). The number of hydrogen-bond acceptors (Lipinski definition) is 7. The minimum atomic E-state index is -0.285. The van der Waals surface area contributed by atoms with Crippen molar-refractivity contribution in [2.24, 2.45) is 0 Å². The number of carbonyl (C=O) groups is 1. The molecule has 0 atom stereocenters. The summed E-state index contributed by atoms with van der Waals surface area (Å²) in [5, 5.41) is 11.7.